The molecule has 4 N–H and O–H groups in total. The summed E-state index contributed by atoms with van der Waals surface area (Å²) in [6.45, 7) is 4.62. The lowest BCUT2D eigenvalue weighted by molar-refractivity contribution is -0.906. The summed E-state index contributed by atoms with van der Waals surface area (Å²) in [5, 5.41) is 11.0. The number of amides is 4. The van der Waals surface area contributed by atoms with Gasteiger partial charge in [0.2, 0.25) is 0 Å². The largest absolute Gasteiger partial charge is 0.318 e. The minimum absolute atomic E-state index is 0.00900. The first-order chi connectivity index (χ1) is 22.1. The van der Waals surface area contributed by atoms with Crippen molar-refractivity contribution < 1.29 is 28.1 Å². The first kappa shape index (κ1) is 32.6. The third kappa shape index (κ3) is 9.14. The molecule has 4 amide bonds. The van der Waals surface area contributed by atoms with Crippen LogP contribution in [0.15, 0.2) is 54.6 Å². The highest BCUT2D eigenvalue weighted by Crippen LogP contribution is 2.18. The number of likely N-dealkylation sites (tertiary alicyclic amines) is 2. The average Bonchev–Trinajstić information content (AvgIpc) is 3.01. The molecular formula is C33H43N9O4+2. The van der Waals surface area contributed by atoms with Crippen LogP contribution in [0, 0.1) is 0 Å². The Morgan fingerprint density at radius 3 is 1.26 bits per heavy atom. The van der Waals surface area contributed by atoms with Crippen LogP contribution < -0.4 is 21.3 Å². The van der Waals surface area contributed by atoms with Gasteiger partial charge in [-0.05, 0) is 74.9 Å². The molecule has 3 aromatic heterocycles. The first-order valence-corrected chi connectivity index (χ1v) is 15.9. The summed E-state index contributed by atoms with van der Waals surface area (Å²) in [4.78, 5) is 64.4. The fraction of sp³-hybridized carbons (Fsp3) is 0.424. The van der Waals surface area contributed by atoms with E-state index in [2.05, 4.69) is 50.3 Å². The second-order valence-electron chi connectivity index (χ2n) is 12.8. The molecular weight excluding hydrogens is 586 g/mol. The van der Waals surface area contributed by atoms with Gasteiger partial charge in [0.25, 0.3) is 23.6 Å². The van der Waals surface area contributed by atoms with E-state index >= 15 is 0 Å². The molecule has 5 heterocycles. The lowest BCUT2D eigenvalue weighted by Crippen LogP contribution is -2.52. The number of hydrogen-bond donors (Lipinski definition) is 4. The van der Waals surface area contributed by atoms with Gasteiger partial charge < -0.3 is 30.2 Å². The summed E-state index contributed by atoms with van der Waals surface area (Å²) in [6.07, 6.45) is 6.86. The number of rotatable bonds is 10. The molecule has 3 aromatic rings. The van der Waals surface area contributed by atoms with Crippen molar-refractivity contribution in [2.75, 3.05) is 74.6 Å². The van der Waals surface area contributed by atoms with Crippen LogP contribution in [0.5, 0.6) is 0 Å². The number of carbonyl (C=O) groups excluding carboxylic acids is 4. The maximum atomic E-state index is 13.0. The van der Waals surface area contributed by atoms with Gasteiger partial charge in [-0.1, -0.05) is 18.2 Å². The summed E-state index contributed by atoms with van der Waals surface area (Å²) in [5.74, 6) is -0.252. The van der Waals surface area contributed by atoms with E-state index in [4.69, 9.17) is 0 Å². The minimum Gasteiger partial charge on any atom is -0.318 e. The molecule has 0 bridgehead atoms. The van der Waals surface area contributed by atoms with Gasteiger partial charge in [0.05, 0.1) is 40.3 Å². The Morgan fingerprint density at radius 1 is 0.522 bits per heavy atom. The molecule has 46 heavy (non-hydrogen) atoms. The molecule has 0 unspecified atom stereocenters. The Morgan fingerprint density at radius 2 is 0.870 bits per heavy atom. The highest BCUT2D eigenvalue weighted by molar-refractivity contribution is 6.06. The summed E-state index contributed by atoms with van der Waals surface area (Å²) in [7, 11) is 4.19. The van der Waals surface area contributed by atoms with Gasteiger partial charge in [0.15, 0.2) is 13.1 Å². The topological polar surface area (TPSA) is 155 Å². The maximum Gasteiger partial charge on any atom is 0.280 e. The van der Waals surface area contributed by atoms with Gasteiger partial charge in [-0.2, -0.15) is 0 Å². The van der Waals surface area contributed by atoms with Gasteiger partial charge >= 0.3 is 0 Å². The molecule has 5 rings (SSSR count). The molecule has 0 radical (unpaired) electrons. The van der Waals surface area contributed by atoms with Crippen LogP contribution in [-0.2, 0) is 9.59 Å². The number of pyridine rings is 3. The number of aromatic nitrogens is 3. The van der Waals surface area contributed by atoms with Crippen LogP contribution in [0.1, 0.15) is 59.5 Å². The van der Waals surface area contributed by atoms with Crippen molar-refractivity contribution in [1.82, 2.24) is 15.0 Å². The molecule has 13 nitrogen and oxygen atoms in total. The van der Waals surface area contributed by atoms with Gasteiger partial charge in [0, 0.05) is 0 Å². The van der Waals surface area contributed by atoms with Gasteiger partial charge in [-0.15, -0.1) is 0 Å². The number of carbonyl (C=O) groups is 4. The van der Waals surface area contributed by atoms with E-state index in [0.29, 0.717) is 33.7 Å². The molecule has 242 valence electrons. The molecule has 2 aliphatic heterocycles. The predicted molar refractivity (Wildman–Crippen MR) is 175 cm³/mol. The summed E-state index contributed by atoms with van der Waals surface area (Å²) in [5.41, 5.74) is 0.0180. The quantitative estimate of drug-likeness (QED) is 0.250. The number of piperidine rings is 2. The number of nitrogens with one attached hydrogen (secondary N) is 4. The van der Waals surface area contributed by atoms with Gasteiger partial charge in [-0.25, -0.2) is 15.0 Å². The Balaban J connectivity index is 1.16. The van der Waals surface area contributed by atoms with Crippen LogP contribution in [0.25, 0.3) is 0 Å². The lowest BCUT2D eigenvalue weighted by atomic mass is 10.1. The molecule has 0 spiro atoms. The highest BCUT2D eigenvalue weighted by atomic mass is 16.2. The molecule has 13 heteroatoms. The van der Waals surface area contributed by atoms with E-state index in [0.717, 1.165) is 51.9 Å². The van der Waals surface area contributed by atoms with Crippen molar-refractivity contribution in [1.29, 1.82) is 0 Å². The van der Waals surface area contributed by atoms with Crippen molar-refractivity contribution in [3.05, 3.63) is 66.0 Å². The van der Waals surface area contributed by atoms with Crippen molar-refractivity contribution in [3.8, 4) is 0 Å². The molecule has 0 saturated carbocycles. The maximum absolute atomic E-state index is 13.0. The Kier molecular flexibility index (Phi) is 10.3. The number of quaternary nitrogens is 2. The SMILES string of the molecule is C[N+]1(CC(=O)Nc2cccc(NC(=O)c3cccc(C(=O)Nc4cccc(NC(=O)C[N+]5(C)CCCCC5)n4)n3)n2)CCCCC1. The molecule has 2 aliphatic rings. The van der Waals surface area contributed by atoms with Crippen LogP contribution in [0.3, 0.4) is 0 Å². The van der Waals surface area contributed by atoms with E-state index in [1.54, 1.807) is 42.5 Å². The molecule has 2 fully saturated rings. The Labute approximate surface area is 269 Å². The Bertz CT molecular complexity index is 1470. The summed E-state index contributed by atoms with van der Waals surface area (Å²) in [6, 6.07) is 14.4. The molecule has 0 atom stereocenters. The second kappa shape index (κ2) is 14.6. The van der Waals surface area contributed by atoms with Gasteiger partial charge in [-0.3, -0.25) is 19.2 Å². The van der Waals surface area contributed by atoms with Crippen LogP contribution in [0.2, 0.25) is 0 Å². The fourth-order valence-corrected chi connectivity index (χ4v) is 6.12. The second-order valence-corrected chi connectivity index (χ2v) is 12.8. The third-order valence-corrected chi connectivity index (χ3v) is 8.57. The van der Waals surface area contributed by atoms with E-state index in [1.165, 1.54) is 25.0 Å². The number of anilines is 4. The Hall–Kier alpha value is -4.75. The summed E-state index contributed by atoms with van der Waals surface area (Å²) < 4.78 is 1.41. The zero-order chi connectivity index (χ0) is 32.6. The van der Waals surface area contributed by atoms with E-state index in [-0.39, 0.29) is 34.8 Å². The monoisotopic (exact) mass is 629 g/mol. The van der Waals surface area contributed by atoms with Crippen molar-refractivity contribution in [2.24, 2.45) is 0 Å². The van der Waals surface area contributed by atoms with Crippen molar-refractivity contribution >= 4 is 46.9 Å². The van der Waals surface area contributed by atoms with Crippen LogP contribution in [0.4, 0.5) is 23.3 Å². The van der Waals surface area contributed by atoms with Crippen LogP contribution >= 0.6 is 0 Å². The van der Waals surface area contributed by atoms with Gasteiger partial charge in [0.1, 0.15) is 34.7 Å². The number of nitrogens with zero attached hydrogens (tertiary/aromatic N) is 5. The summed E-state index contributed by atoms with van der Waals surface area (Å²) >= 11 is 0. The predicted octanol–water partition coefficient (Wildman–Crippen LogP) is 3.51. The van der Waals surface area contributed by atoms with E-state index in [1.807, 2.05) is 0 Å². The zero-order valence-corrected chi connectivity index (χ0v) is 26.6. The smallest absolute Gasteiger partial charge is 0.280 e. The van der Waals surface area contributed by atoms with Crippen molar-refractivity contribution in [2.45, 2.75) is 38.5 Å². The van der Waals surface area contributed by atoms with Crippen LogP contribution in [-0.4, -0.2) is 101 Å². The van der Waals surface area contributed by atoms with Crippen molar-refractivity contribution in [3.63, 3.8) is 0 Å². The zero-order valence-electron chi connectivity index (χ0n) is 26.6. The normalized spacial score (nSPS) is 16.9. The lowest BCUT2D eigenvalue weighted by Gasteiger charge is -2.36. The standard InChI is InChI=1S/C33H41N9O4/c1-41(18-5-3-6-19-41)22-30(43)37-26-14-10-16-28(35-26)39-32(45)24-12-9-13-25(34-24)33(46)40-29-17-11-15-27(36-29)38-31(44)23-42(2)20-7-4-8-21-42/h9-17H,3-8,18-23H2,1-2H3,(H2-2,35,36,37,38,39,40,43,44,45,46)/p+2. The highest BCUT2D eigenvalue weighted by Gasteiger charge is 2.29. The molecule has 0 aliphatic carbocycles. The van der Waals surface area contributed by atoms with E-state index in [9.17, 15) is 19.2 Å². The minimum atomic E-state index is -0.565. The number of hydrogen-bond acceptors (Lipinski definition) is 7. The van der Waals surface area contributed by atoms with E-state index < -0.39 is 11.8 Å². The average molecular weight is 630 g/mol. The fourth-order valence-electron chi connectivity index (χ4n) is 6.12. The number of likely N-dealkylation sites (N-methyl/N-ethyl adjacent to an activating group) is 2. The third-order valence-electron chi connectivity index (χ3n) is 8.57. The molecule has 2 saturated heterocycles. The first-order valence-electron chi connectivity index (χ1n) is 15.9. The molecule has 0 aromatic carbocycles.